The number of rotatable bonds is 6. The maximum atomic E-state index is 11.9. The molecule has 1 fully saturated rings. The summed E-state index contributed by atoms with van der Waals surface area (Å²) in [7, 11) is 1.44. The summed E-state index contributed by atoms with van der Waals surface area (Å²) >= 11 is 0. The maximum Gasteiger partial charge on any atom is 0.327 e. The zero-order valence-corrected chi connectivity index (χ0v) is 12.0. The fourth-order valence-corrected chi connectivity index (χ4v) is 2.19. The van der Waals surface area contributed by atoms with E-state index in [0.717, 1.165) is 18.0 Å². The number of carbonyl (C=O) groups is 1. The van der Waals surface area contributed by atoms with Crippen LogP contribution in [0.5, 0.6) is 0 Å². The average Bonchev–Trinajstić information content (AvgIpc) is 3.23. The minimum Gasteiger partial charge on any atom is -0.468 e. The van der Waals surface area contributed by atoms with Crippen molar-refractivity contribution < 1.29 is 9.53 Å². The van der Waals surface area contributed by atoms with Gasteiger partial charge in [-0.1, -0.05) is 38.1 Å². The third-order valence-corrected chi connectivity index (χ3v) is 3.49. The molecule has 0 spiro atoms. The Kier molecular flexibility index (Phi) is 4.59. The fourth-order valence-electron chi connectivity index (χ4n) is 2.19. The van der Waals surface area contributed by atoms with Crippen LogP contribution in [-0.4, -0.2) is 19.6 Å². The molecule has 1 N–H and O–H groups in total. The number of benzene rings is 1. The van der Waals surface area contributed by atoms with Crippen molar-refractivity contribution >= 4 is 5.97 Å². The first kappa shape index (κ1) is 14.1. The van der Waals surface area contributed by atoms with Crippen molar-refractivity contribution in [3.8, 4) is 0 Å². The number of nitrogens with one attached hydrogen (secondary N) is 1. The smallest absolute Gasteiger partial charge is 0.327 e. The van der Waals surface area contributed by atoms with E-state index in [9.17, 15) is 4.79 Å². The lowest BCUT2D eigenvalue weighted by Gasteiger charge is -2.18. The average molecular weight is 261 g/mol. The van der Waals surface area contributed by atoms with Crippen LogP contribution in [-0.2, 0) is 9.53 Å². The van der Waals surface area contributed by atoms with Gasteiger partial charge >= 0.3 is 5.97 Å². The highest BCUT2D eigenvalue weighted by atomic mass is 16.5. The quantitative estimate of drug-likeness (QED) is 0.800. The van der Waals surface area contributed by atoms with Gasteiger partial charge in [-0.25, -0.2) is 4.79 Å². The van der Waals surface area contributed by atoms with Crippen LogP contribution in [0, 0.1) is 5.92 Å². The Morgan fingerprint density at radius 1 is 1.32 bits per heavy atom. The lowest BCUT2D eigenvalue weighted by Crippen LogP contribution is -2.32. The van der Waals surface area contributed by atoms with Gasteiger partial charge in [0.05, 0.1) is 7.11 Å². The highest BCUT2D eigenvalue weighted by molar-refractivity contribution is 5.77. The van der Waals surface area contributed by atoms with Gasteiger partial charge < -0.3 is 10.1 Å². The normalized spacial score (nSPS) is 16.4. The van der Waals surface area contributed by atoms with Gasteiger partial charge in [0.15, 0.2) is 0 Å². The minimum atomic E-state index is -0.361. The molecule has 1 atom stereocenters. The third kappa shape index (κ3) is 3.80. The number of methoxy groups -OCH3 is 1. The first-order valence-electron chi connectivity index (χ1n) is 7.03. The Morgan fingerprint density at radius 3 is 2.42 bits per heavy atom. The second kappa shape index (κ2) is 6.20. The molecule has 0 saturated heterocycles. The number of hydrogen-bond acceptors (Lipinski definition) is 3. The van der Waals surface area contributed by atoms with Gasteiger partial charge in [-0.3, -0.25) is 0 Å². The number of hydrogen-bond donors (Lipinski definition) is 1. The molecule has 19 heavy (non-hydrogen) atoms. The van der Waals surface area contributed by atoms with E-state index >= 15 is 0 Å². The molecule has 1 aromatic rings. The van der Waals surface area contributed by atoms with Crippen molar-refractivity contribution in [2.75, 3.05) is 13.7 Å². The molecule has 1 aliphatic carbocycles. The van der Waals surface area contributed by atoms with E-state index in [0.29, 0.717) is 5.92 Å². The number of ether oxygens (including phenoxy) is 1. The predicted molar refractivity (Wildman–Crippen MR) is 76.0 cm³/mol. The summed E-state index contributed by atoms with van der Waals surface area (Å²) in [5.74, 6) is 1.02. The number of esters is 1. The molecule has 0 aromatic heterocycles. The predicted octanol–water partition coefficient (Wildman–Crippen LogP) is 3.02. The topological polar surface area (TPSA) is 38.3 Å². The minimum absolute atomic E-state index is 0.222. The Hall–Kier alpha value is -1.35. The van der Waals surface area contributed by atoms with E-state index < -0.39 is 0 Å². The zero-order valence-electron chi connectivity index (χ0n) is 12.0. The summed E-state index contributed by atoms with van der Waals surface area (Å²) in [6.07, 6.45) is 2.59. The van der Waals surface area contributed by atoms with E-state index in [1.165, 1.54) is 25.5 Å². The molecule has 0 bridgehead atoms. The molecule has 2 rings (SSSR count). The molecule has 1 unspecified atom stereocenters. The van der Waals surface area contributed by atoms with Gasteiger partial charge in [0, 0.05) is 0 Å². The zero-order chi connectivity index (χ0) is 13.8. The van der Waals surface area contributed by atoms with Crippen LogP contribution in [0.2, 0.25) is 0 Å². The van der Waals surface area contributed by atoms with Crippen LogP contribution in [0.15, 0.2) is 24.3 Å². The van der Waals surface area contributed by atoms with Crippen molar-refractivity contribution in [1.82, 2.24) is 5.32 Å². The standard InChI is InChI=1S/C16H23NO2/c1-11(2)10-17-15(16(18)19-3)14-8-6-13(7-9-14)12-4-5-12/h6-9,11-12,15,17H,4-5,10H2,1-3H3. The van der Waals surface area contributed by atoms with Crippen LogP contribution in [0.1, 0.15) is 49.8 Å². The first-order valence-corrected chi connectivity index (χ1v) is 7.03. The molecule has 3 heteroatoms. The lowest BCUT2D eigenvalue weighted by atomic mass is 10.0. The Balaban J connectivity index is 2.09. The molecule has 1 aliphatic rings. The van der Waals surface area contributed by atoms with Crippen LogP contribution >= 0.6 is 0 Å². The van der Waals surface area contributed by atoms with Crippen molar-refractivity contribution in [2.45, 2.75) is 38.6 Å². The van der Waals surface area contributed by atoms with E-state index in [4.69, 9.17) is 4.74 Å². The molecular weight excluding hydrogens is 238 g/mol. The molecular formula is C16H23NO2. The molecule has 1 saturated carbocycles. The number of carbonyl (C=O) groups excluding carboxylic acids is 1. The molecule has 0 radical (unpaired) electrons. The van der Waals surface area contributed by atoms with Gasteiger partial charge in [0.25, 0.3) is 0 Å². The summed E-state index contributed by atoms with van der Waals surface area (Å²) in [6, 6.07) is 8.01. The summed E-state index contributed by atoms with van der Waals surface area (Å²) < 4.78 is 4.89. The molecule has 0 amide bonds. The van der Waals surface area contributed by atoms with E-state index in [2.05, 4.69) is 31.3 Å². The van der Waals surface area contributed by atoms with Crippen LogP contribution in [0.4, 0.5) is 0 Å². The summed E-state index contributed by atoms with van der Waals surface area (Å²) in [5, 5.41) is 3.28. The summed E-state index contributed by atoms with van der Waals surface area (Å²) in [4.78, 5) is 11.9. The monoisotopic (exact) mass is 261 g/mol. The molecule has 0 heterocycles. The Labute approximate surface area is 115 Å². The third-order valence-electron chi connectivity index (χ3n) is 3.49. The Bertz CT molecular complexity index is 421. The van der Waals surface area contributed by atoms with Gasteiger partial charge in [-0.2, -0.15) is 0 Å². The highest BCUT2D eigenvalue weighted by Gasteiger charge is 2.25. The molecule has 3 nitrogen and oxygen atoms in total. The first-order chi connectivity index (χ1) is 9.11. The van der Waals surface area contributed by atoms with Crippen molar-refractivity contribution in [3.63, 3.8) is 0 Å². The molecule has 104 valence electrons. The van der Waals surface area contributed by atoms with Crippen LogP contribution in [0.3, 0.4) is 0 Å². The van der Waals surface area contributed by atoms with Crippen molar-refractivity contribution in [3.05, 3.63) is 35.4 Å². The van der Waals surface area contributed by atoms with Gasteiger partial charge in [0.1, 0.15) is 6.04 Å². The second-order valence-corrected chi connectivity index (χ2v) is 5.70. The van der Waals surface area contributed by atoms with Gasteiger partial charge in [-0.05, 0) is 42.3 Å². The SMILES string of the molecule is COC(=O)C(NCC(C)C)c1ccc(C2CC2)cc1. The van der Waals surface area contributed by atoms with E-state index in [-0.39, 0.29) is 12.0 Å². The van der Waals surface area contributed by atoms with E-state index in [1.54, 1.807) is 0 Å². The maximum absolute atomic E-state index is 11.9. The molecule has 1 aromatic carbocycles. The van der Waals surface area contributed by atoms with Crippen molar-refractivity contribution in [2.24, 2.45) is 5.92 Å². The lowest BCUT2D eigenvalue weighted by molar-refractivity contribution is -0.143. The summed E-state index contributed by atoms with van der Waals surface area (Å²) in [5.41, 5.74) is 2.37. The second-order valence-electron chi connectivity index (χ2n) is 5.70. The largest absolute Gasteiger partial charge is 0.468 e. The Morgan fingerprint density at radius 2 is 1.95 bits per heavy atom. The highest BCUT2D eigenvalue weighted by Crippen LogP contribution is 2.40. The van der Waals surface area contributed by atoms with Crippen molar-refractivity contribution in [1.29, 1.82) is 0 Å². The van der Waals surface area contributed by atoms with Gasteiger partial charge in [-0.15, -0.1) is 0 Å². The van der Waals surface area contributed by atoms with Gasteiger partial charge in [0.2, 0.25) is 0 Å². The summed E-state index contributed by atoms with van der Waals surface area (Å²) in [6.45, 7) is 5.04. The van der Waals surface area contributed by atoms with Crippen LogP contribution < -0.4 is 5.32 Å². The molecule has 0 aliphatic heterocycles. The van der Waals surface area contributed by atoms with Crippen LogP contribution in [0.25, 0.3) is 0 Å². The fraction of sp³-hybridized carbons (Fsp3) is 0.562. The van der Waals surface area contributed by atoms with E-state index in [1.807, 2.05) is 12.1 Å².